The zero-order chi connectivity index (χ0) is 23.3. The summed E-state index contributed by atoms with van der Waals surface area (Å²) in [6, 6.07) is 4.48. The van der Waals surface area contributed by atoms with Crippen LogP contribution in [0.15, 0.2) is 29.0 Å². The minimum Gasteiger partial charge on any atom is -0.446 e. The molecule has 0 radical (unpaired) electrons. The number of rotatable bonds is 7. The van der Waals surface area contributed by atoms with Gasteiger partial charge in [0.05, 0.1) is 23.4 Å². The van der Waals surface area contributed by atoms with Crippen LogP contribution < -0.4 is 10.2 Å². The summed E-state index contributed by atoms with van der Waals surface area (Å²) in [5, 5.41) is 14.1. The van der Waals surface area contributed by atoms with Gasteiger partial charge in [0.2, 0.25) is 11.6 Å². The van der Waals surface area contributed by atoms with Gasteiger partial charge in [-0.05, 0) is 88.3 Å². The van der Waals surface area contributed by atoms with Gasteiger partial charge in [0.25, 0.3) is 0 Å². The summed E-state index contributed by atoms with van der Waals surface area (Å²) in [7, 11) is 0. The molecule has 0 spiro atoms. The third-order valence-corrected chi connectivity index (χ3v) is 8.41. The van der Waals surface area contributed by atoms with Crippen LogP contribution in [0.25, 0.3) is 11.1 Å². The average molecular weight is 469 g/mol. The first-order valence-electron chi connectivity index (χ1n) is 13.4. The van der Waals surface area contributed by atoms with Gasteiger partial charge in [0.15, 0.2) is 0 Å². The van der Waals surface area contributed by atoms with Crippen molar-refractivity contribution in [2.45, 2.75) is 76.4 Å². The van der Waals surface area contributed by atoms with E-state index in [9.17, 15) is 9.90 Å². The Hall–Kier alpha value is -2.12. The van der Waals surface area contributed by atoms with Crippen molar-refractivity contribution in [3.05, 3.63) is 24.6 Å². The Bertz CT molecular complexity index is 923. The van der Waals surface area contributed by atoms with E-state index in [1.165, 1.54) is 31.5 Å². The fourth-order valence-electron chi connectivity index (χ4n) is 6.21. The first-order chi connectivity index (χ1) is 16.6. The predicted molar refractivity (Wildman–Crippen MR) is 134 cm³/mol. The zero-order valence-corrected chi connectivity index (χ0v) is 20.3. The Morgan fingerprint density at radius 2 is 1.74 bits per heavy atom. The van der Waals surface area contributed by atoms with Crippen LogP contribution in [0.2, 0.25) is 0 Å². The molecule has 0 unspecified atom stereocenters. The first-order valence-corrected chi connectivity index (χ1v) is 13.4. The number of aliphatic hydroxyl groups is 1. The summed E-state index contributed by atoms with van der Waals surface area (Å²) in [5.41, 5.74) is 1.96. The van der Waals surface area contributed by atoms with Crippen LogP contribution in [0.4, 0.5) is 5.69 Å². The molecule has 0 aromatic carbocycles. The lowest BCUT2D eigenvalue weighted by atomic mass is 9.83. The second kappa shape index (κ2) is 11.1. The number of pyridine rings is 1. The van der Waals surface area contributed by atoms with Crippen molar-refractivity contribution in [3.8, 4) is 0 Å². The molecule has 2 aromatic rings. The van der Waals surface area contributed by atoms with Gasteiger partial charge in [-0.25, -0.2) is 4.98 Å². The molecule has 186 valence electrons. The largest absolute Gasteiger partial charge is 0.446 e. The molecule has 5 rings (SSSR count). The van der Waals surface area contributed by atoms with Gasteiger partial charge in [-0.1, -0.05) is 0 Å². The van der Waals surface area contributed by atoms with Crippen molar-refractivity contribution < 1.29 is 14.3 Å². The minimum atomic E-state index is -0.145. The lowest BCUT2D eigenvalue weighted by Gasteiger charge is -2.37. The van der Waals surface area contributed by atoms with Gasteiger partial charge >= 0.3 is 0 Å². The van der Waals surface area contributed by atoms with Crippen LogP contribution in [0.5, 0.6) is 0 Å². The molecule has 3 aliphatic rings. The predicted octanol–water partition coefficient (Wildman–Crippen LogP) is 3.96. The van der Waals surface area contributed by atoms with Gasteiger partial charge in [-0.3, -0.25) is 9.69 Å². The second-order valence-corrected chi connectivity index (χ2v) is 10.8. The summed E-state index contributed by atoms with van der Waals surface area (Å²) in [5.74, 6) is 1.48. The standard InChI is InChI=1S/C27H40N4O3/c32-23-7-3-21(4-8-23)19-26(33)29-22-5-1-20(2-6-22)10-13-30-14-16-31(17-15-30)25-9-12-28-27-24(25)11-18-34-27/h9,11-12,18,20-23,32H,1-8,10,13-17,19H2,(H,29,33)/t20-,21-,22-,23-. The minimum absolute atomic E-state index is 0.145. The van der Waals surface area contributed by atoms with Crippen LogP contribution in [0.1, 0.15) is 64.2 Å². The van der Waals surface area contributed by atoms with Crippen LogP contribution in [0, 0.1) is 11.8 Å². The summed E-state index contributed by atoms with van der Waals surface area (Å²) < 4.78 is 5.46. The van der Waals surface area contributed by atoms with Crippen molar-refractivity contribution >= 4 is 22.7 Å². The highest BCUT2D eigenvalue weighted by atomic mass is 16.3. The number of carbonyl (C=O) groups is 1. The first kappa shape index (κ1) is 23.6. The zero-order valence-electron chi connectivity index (χ0n) is 20.3. The molecule has 7 nitrogen and oxygen atoms in total. The van der Waals surface area contributed by atoms with Crippen LogP contribution in [0.3, 0.4) is 0 Å². The molecule has 2 aliphatic carbocycles. The van der Waals surface area contributed by atoms with E-state index in [2.05, 4.69) is 26.2 Å². The summed E-state index contributed by atoms with van der Waals surface area (Å²) >= 11 is 0. The number of anilines is 1. The molecule has 2 N–H and O–H groups in total. The molecule has 3 fully saturated rings. The maximum absolute atomic E-state index is 12.5. The molecular weight excluding hydrogens is 428 g/mol. The van der Waals surface area contributed by atoms with E-state index in [-0.39, 0.29) is 12.0 Å². The van der Waals surface area contributed by atoms with E-state index >= 15 is 0 Å². The van der Waals surface area contributed by atoms with Crippen molar-refractivity contribution in [1.29, 1.82) is 0 Å². The van der Waals surface area contributed by atoms with Crippen molar-refractivity contribution in [2.24, 2.45) is 11.8 Å². The molecule has 1 aliphatic heterocycles. The van der Waals surface area contributed by atoms with Crippen LogP contribution in [-0.2, 0) is 4.79 Å². The number of piperazine rings is 1. The van der Waals surface area contributed by atoms with Crippen molar-refractivity contribution in [2.75, 3.05) is 37.6 Å². The van der Waals surface area contributed by atoms with Crippen molar-refractivity contribution in [3.63, 3.8) is 0 Å². The Kier molecular flexibility index (Phi) is 7.70. The van der Waals surface area contributed by atoms with Crippen LogP contribution >= 0.6 is 0 Å². The molecular formula is C27H40N4O3. The normalized spacial score (nSPS) is 28.8. The number of nitrogens with one attached hydrogen (secondary N) is 1. The van der Waals surface area contributed by atoms with Gasteiger partial charge in [-0.15, -0.1) is 0 Å². The number of hydrogen-bond acceptors (Lipinski definition) is 6. The fraction of sp³-hybridized carbons (Fsp3) is 0.704. The van der Waals surface area contributed by atoms with Crippen molar-refractivity contribution in [1.82, 2.24) is 15.2 Å². The molecule has 1 saturated heterocycles. The monoisotopic (exact) mass is 468 g/mol. The molecule has 2 aromatic heterocycles. The van der Waals surface area contributed by atoms with E-state index in [0.29, 0.717) is 18.4 Å². The van der Waals surface area contributed by atoms with Crippen LogP contribution in [-0.4, -0.2) is 65.8 Å². The Morgan fingerprint density at radius 3 is 2.50 bits per heavy atom. The highest BCUT2D eigenvalue weighted by molar-refractivity contribution is 5.88. The molecule has 7 heteroatoms. The lowest BCUT2D eigenvalue weighted by Crippen LogP contribution is -2.47. The van der Waals surface area contributed by atoms with E-state index in [4.69, 9.17) is 4.42 Å². The summed E-state index contributed by atoms with van der Waals surface area (Å²) in [6.07, 6.45) is 13.7. The molecule has 34 heavy (non-hydrogen) atoms. The summed E-state index contributed by atoms with van der Waals surface area (Å²) in [4.78, 5) is 21.8. The quantitative estimate of drug-likeness (QED) is 0.640. The Labute approximate surface area is 202 Å². The number of nitrogens with zero attached hydrogens (tertiary/aromatic N) is 3. The molecule has 1 amide bonds. The lowest BCUT2D eigenvalue weighted by molar-refractivity contribution is -0.123. The fourth-order valence-corrected chi connectivity index (χ4v) is 6.21. The van der Waals surface area contributed by atoms with E-state index in [0.717, 1.165) is 81.7 Å². The maximum atomic E-state index is 12.5. The van der Waals surface area contributed by atoms with Gasteiger partial charge in [0.1, 0.15) is 0 Å². The Balaban J connectivity index is 0.980. The van der Waals surface area contributed by atoms with E-state index in [1.54, 1.807) is 6.26 Å². The van der Waals surface area contributed by atoms with Gasteiger partial charge in [-0.2, -0.15) is 0 Å². The number of amides is 1. The maximum Gasteiger partial charge on any atom is 0.227 e. The van der Waals surface area contributed by atoms with Gasteiger partial charge in [0, 0.05) is 44.8 Å². The van der Waals surface area contributed by atoms with E-state index in [1.807, 2.05) is 12.3 Å². The number of furan rings is 1. The van der Waals surface area contributed by atoms with Gasteiger partial charge < -0.3 is 19.7 Å². The third-order valence-electron chi connectivity index (χ3n) is 8.41. The molecule has 0 bridgehead atoms. The highest BCUT2D eigenvalue weighted by Crippen LogP contribution is 2.30. The number of carbonyl (C=O) groups excluding carboxylic acids is 1. The van der Waals surface area contributed by atoms with E-state index < -0.39 is 0 Å². The number of hydrogen-bond donors (Lipinski definition) is 2. The molecule has 2 saturated carbocycles. The Morgan fingerprint density at radius 1 is 1.00 bits per heavy atom. The molecule has 0 atom stereocenters. The molecule has 3 heterocycles. The second-order valence-electron chi connectivity index (χ2n) is 10.8. The topological polar surface area (TPSA) is 81.8 Å². The number of aliphatic hydroxyl groups excluding tert-OH is 1. The summed E-state index contributed by atoms with van der Waals surface area (Å²) in [6.45, 7) is 5.48. The smallest absolute Gasteiger partial charge is 0.227 e. The third kappa shape index (κ3) is 5.92. The average Bonchev–Trinajstić information content (AvgIpc) is 3.35. The highest BCUT2D eigenvalue weighted by Gasteiger charge is 2.26. The SMILES string of the molecule is O=C(C[C@H]1CC[C@H](O)CC1)N[C@H]1CC[C@H](CCN2CCN(c3ccnc4occc34)CC2)CC1. The number of aromatic nitrogens is 1. The number of fused-ring (bicyclic) bond motifs is 1.